The topological polar surface area (TPSA) is 49.4 Å². The molecule has 1 aliphatic carbocycles. The molecule has 120 valence electrons. The van der Waals surface area contributed by atoms with Crippen molar-refractivity contribution in [3.05, 3.63) is 0 Å². The fraction of sp³-hybridized carbons (Fsp3) is 0.882. The van der Waals surface area contributed by atoms with Crippen LogP contribution in [-0.4, -0.2) is 35.3 Å². The number of carbonyl (C=O) groups is 2. The SMILES string of the molecule is CCC1(C)NC(=O)CCN(CCC2CCCC(C)C2)C1=O. The van der Waals surface area contributed by atoms with E-state index in [0.717, 1.165) is 24.8 Å². The van der Waals surface area contributed by atoms with Crippen LogP contribution in [0.1, 0.15) is 65.7 Å². The van der Waals surface area contributed by atoms with E-state index in [1.165, 1.54) is 25.7 Å². The van der Waals surface area contributed by atoms with E-state index in [2.05, 4.69) is 12.2 Å². The maximum atomic E-state index is 12.7. The molecule has 2 aliphatic rings. The van der Waals surface area contributed by atoms with E-state index in [0.29, 0.717) is 19.4 Å². The van der Waals surface area contributed by atoms with Gasteiger partial charge in [0.05, 0.1) is 0 Å². The van der Waals surface area contributed by atoms with Crippen molar-refractivity contribution >= 4 is 11.8 Å². The number of hydrogen-bond acceptors (Lipinski definition) is 2. The van der Waals surface area contributed by atoms with E-state index in [9.17, 15) is 9.59 Å². The molecular weight excluding hydrogens is 264 g/mol. The Kier molecular flexibility index (Phi) is 5.28. The predicted octanol–water partition coefficient (Wildman–Crippen LogP) is 2.72. The summed E-state index contributed by atoms with van der Waals surface area (Å²) in [6, 6.07) is 0. The second-order valence-corrected chi connectivity index (χ2v) is 7.20. The van der Waals surface area contributed by atoms with Crippen LogP contribution in [0.25, 0.3) is 0 Å². The van der Waals surface area contributed by atoms with E-state index < -0.39 is 5.54 Å². The van der Waals surface area contributed by atoms with E-state index >= 15 is 0 Å². The Morgan fingerprint density at radius 2 is 2.10 bits per heavy atom. The third-order valence-electron chi connectivity index (χ3n) is 5.34. The molecule has 0 spiro atoms. The molecule has 2 fully saturated rings. The van der Waals surface area contributed by atoms with Gasteiger partial charge < -0.3 is 10.2 Å². The van der Waals surface area contributed by atoms with Crippen LogP contribution in [0, 0.1) is 11.8 Å². The first-order valence-electron chi connectivity index (χ1n) is 8.55. The summed E-state index contributed by atoms with van der Waals surface area (Å²) < 4.78 is 0. The lowest BCUT2D eigenvalue weighted by Crippen LogP contribution is -2.54. The fourth-order valence-electron chi connectivity index (χ4n) is 3.72. The maximum absolute atomic E-state index is 12.7. The van der Waals surface area contributed by atoms with Gasteiger partial charge in [-0.05, 0) is 38.0 Å². The van der Waals surface area contributed by atoms with Crippen LogP contribution in [0.15, 0.2) is 0 Å². The lowest BCUT2D eigenvalue weighted by Gasteiger charge is -2.33. The summed E-state index contributed by atoms with van der Waals surface area (Å²) in [5.41, 5.74) is -0.715. The van der Waals surface area contributed by atoms with Crippen molar-refractivity contribution in [1.29, 1.82) is 0 Å². The standard InChI is InChI=1S/C17H30N2O2/c1-4-17(3)16(21)19(11-9-15(20)18-17)10-8-14-7-5-6-13(2)12-14/h13-14H,4-12H2,1-3H3,(H,18,20). The van der Waals surface area contributed by atoms with E-state index in [-0.39, 0.29) is 11.8 Å². The Labute approximate surface area is 128 Å². The molecule has 1 heterocycles. The summed E-state index contributed by atoms with van der Waals surface area (Å²) in [4.78, 5) is 26.4. The Bertz CT molecular complexity index is 396. The molecule has 3 unspecified atom stereocenters. The van der Waals surface area contributed by atoms with Crippen molar-refractivity contribution in [2.24, 2.45) is 11.8 Å². The summed E-state index contributed by atoms with van der Waals surface area (Å²) in [7, 11) is 0. The van der Waals surface area contributed by atoms with Crippen LogP contribution in [-0.2, 0) is 9.59 Å². The maximum Gasteiger partial charge on any atom is 0.248 e. The number of rotatable bonds is 4. The van der Waals surface area contributed by atoms with Gasteiger partial charge in [-0.15, -0.1) is 0 Å². The van der Waals surface area contributed by atoms with E-state index in [1.807, 2.05) is 18.7 Å². The van der Waals surface area contributed by atoms with Crippen LogP contribution in [0.3, 0.4) is 0 Å². The molecule has 4 heteroatoms. The van der Waals surface area contributed by atoms with Gasteiger partial charge in [-0.3, -0.25) is 9.59 Å². The first-order chi connectivity index (χ1) is 9.94. The number of carbonyl (C=O) groups excluding carboxylic acids is 2. The molecule has 1 saturated heterocycles. The summed E-state index contributed by atoms with van der Waals surface area (Å²) in [5.74, 6) is 1.68. The summed E-state index contributed by atoms with van der Waals surface area (Å²) in [6.07, 6.45) is 7.44. The van der Waals surface area contributed by atoms with Crippen molar-refractivity contribution in [3.63, 3.8) is 0 Å². The molecule has 1 aliphatic heterocycles. The average molecular weight is 294 g/mol. The summed E-state index contributed by atoms with van der Waals surface area (Å²) in [5, 5.41) is 2.90. The quantitative estimate of drug-likeness (QED) is 0.866. The van der Waals surface area contributed by atoms with Gasteiger partial charge in [0, 0.05) is 19.5 Å². The molecule has 0 aromatic rings. The highest BCUT2D eigenvalue weighted by Gasteiger charge is 2.39. The van der Waals surface area contributed by atoms with Gasteiger partial charge in [0.2, 0.25) is 11.8 Å². The lowest BCUT2D eigenvalue weighted by molar-refractivity contribution is -0.138. The third-order valence-corrected chi connectivity index (χ3v) is 5.34. The van der Waals surface area contributed by atoms with E-state index in [4.69, 9.17) is 0 Å². The average Bonchev–Trinajstić information content (AvgIpc) is 2.56. The fourth-order valence-corrected chi connectivity index (χ4v) is 3.72. The van der Waals surface area contributed by atoms with Gasteiger partial charge in [-0.25, -0.2) is 0 Å². The molecule has 3 atom stereocenters. The van der Waals surface area contributed by atoms with Gasteiger partial charge >= 0.3 is 0 Å². The van der Waals surface area contributed by atoms with Gasteiger partial charge in [0.25, 0.3) is 0 Å². The molecular formula is C17H30N2O2. The van der Waals surface area contributed by atoms with Gasteiger partial charge in [0.1, 0.15) is 5.54 Å². The minimum atomic E-state index is -0.715. The molecule has 0 aromatic carbocycles. The van der Waals surface area contributed by atoms with Gasteiger partial charge in [-0.2, -0.15) is 0 Å². The van der Waals surface area contributed by atoms with Crippen LogP contribution in [0.5, 0.6) is 0 Å². The lowest BCUT2D eigenvalue weighted by atomic mass is 9.81. The number of hydrogen-bond donors (Lipinski definition) is 1. The largest absolute Gasteiger partial charge is 0.342 e. The molecule has 0 aromatic heterocycles. The van der Waals surface area contributed by atoms with E-state index in [1.54, 1.807) is 0 Å². The minimum absolute atomic E-state index is 0.00138. The highest BCUT2D eigenvalue weighted by Crippen LogP contribution is 2.31. The third kappa shape index (κ3) is 3.98. The van der Waals surface area contributed by atoms with Crippen molar-refractivity contribution in [1.82, 2.24) is 10.2 Å². The van der Waals surface area contributed by atoms with Crippen molar-refractivity contribution in [2.45, 2.75) is 71.3 Å². The normalized spacial score (nSPS) is 34.5. The first kappa shape index (κ1) is 16.3. The molecule has 0 bridgehead atoms. The zero-order chi connectivity index (χ0) is 15.5. The van der Waals surface area contributed by atoms with Crippen molar-refractivity contribution in [2.75, 3.05) is 13.1 Å². The number of nitrogens with zero attached hydrogens (tertiary/aromatic N) is 1. The Morgan fingerprint density at radius 3 is 2.76 bits per heavy atom. The van der Waals surface area contributed by atoms with Crippen LogP contribution in [0.4, 0.5) is 0 Å². The summed E-state index contributed by atoms with van der Waals surface area (Å²) >= 11 is 0. The second-order valence-electron chi connectivity index (χ2n) is 7.20. The Balaban J connectivity index is 1.94. The van der Waals surface area contributed by atoms with Gasteiger partial charge in [-0.1, -0.05) is 33.1 Å². The first-order valence-corrected chi connectivity index (χ1v) is 8.55. The predicted molar refractivity (Wildman–Crippen MR) is 83.8 cm³/mol. The van der Waals surface area contributed by atoms with Crippen LogP contribution >= 0.6 is 0 Å². The highest BCUT2D eigenvalue weighted by molar-refractivity contribution is 5.93. The van der Waals surface area contributed by atoms with Gasteiger partial charge in [0.15, 0.2) is 0 Å². The van der Waals surface area contributed by atoms with Crippen LogP contribution < -0.4 is 5.32 Å². The Hall–Kier alpha value is -1.06. The summed E-state index contributed by atoms with van der Waals surface area (Å²) in [6.45, 7) is 7.53. The molecule has 21 heavy (non-hydrogen) atoms. The van der Waals surface area contributed by atoms with Crippen molar-refractivity contribution < 1.29 is 9.59 Å². The number of amides is 2. The zero-order valence-electron chi connectivity index (χ0n) is 13.8. The molecule has 1 N–H and O–H groups in total. The zero-order valence-corrected chi connectivity index (χ0v) is 13.8. The highest BCUT2D eigenvalue weighted by atomic mass is 16.2. The molecule has 1 saturated carbocycles. The minimum Gasteiger partial charge on any atom is -0.342 e. The molecule has 2 rings (SSSR count). The number of nitrogens with one attached hydrogen (secondary N) is 1. The monoisotopic (exact) mass is 294 g/mol. The smallest absolute Gasteiger partial charge is 0.248 e. The van der Waals surface area contributed by atoms with Crippen molar-refractivity contribution in [3.8, 4) is 0 Å². The molecule has 4 nitrogen and oxygen atoms in total. The molecule has 0 radical (unpaired) electrons. The second kappa shape index (κ2) is 6.80. The Morgan fingerprint density at radius 1 is 1.33 bits per heavy atom. The van der Waals surface area contributed by atoms with Crippen LogP contribution in [0.2, 0.25) is 0 Å². The molecule has 2 amide bonds.